The molecule has 8 heteroatoms. The molecule has 0 spiro atoms. The van der Waals surface area contributed by atoms with Crippen molar-refractivity contribution in [1.82, 2.24) is 4.90 Å². The molecule has 160 valence electrons. The number of Topliss-reactive ketones (excluding diaryl/α,β-unsaturated/α-hetero) is 1. The van der Waals surface area contributed by atoms with Crippen LogP contribution < -0.4 is 10.1 Å². The van der Waals surface area contributed by atoms with Gasteiger partial charge >= 0.3 is 0 Å². The zero-order chi connectivity index (χ0) is 22.4. The molecule has 1 aliphatic heterocycles. The number of carbonyl (C=O) groups is 3. The summed E-state index contributed by atoms with van der Waals surface area (Å²) in [4.78, 5) is 38.3. The standard InChI is InChI=1S/C23H22N2O4S2/c1-3-29-19-10-4-16(5-11-19)14-20-22(28)25(23(30)31-20)13-12-21(27)24-18-8-6-17(7-9-18)15(2)26/h4-11,14H,3,12-13H2,1-2H3,(H,24,27). The summed E-state index contributed by atoms with van der Waals surface area (Å²) in [5.41, 5.74) is 2.04. The third-order valence-electron chi connectivity index (χ3n) is 4.50. The van der Waals surface area contributed by atoms with Crippen molar-refractivity contribution in [2.75, 3.05) is 18.5 Å². The van der Waals surface area contributed by atoms with Gasteiger partial charge in [-0.15, -0.1) is 0 Å². The summed E-state index contributed by atoms with van der Waals surface area (Å²) >= 11 is 6.56. The predicted molar refractivity (Wildman–Crippen MR) is 127 cm³/mol. The molecule has 1 aliphatic rings. The maximum atomic E-state index is 12.7. The number of anilines is 1. The highest BCUT2D eigenvalue weighted by Crippen LogP contribution is 2.32. The number of carbonyl (C=O) groups excluding carboxylic acids is 3. The van der Waals surface area contributed by atoms with E-state index in [0.717, 1.165) is 11.3 Å². The van der Waals surface area contributed by atoms with Gasteiger partial charge in [-0.1, -0.05) is 36.1 Å². The molecule has 1 fully saturated rings. The smallest absolute Gasteiger partial charge is 0.266 e. The third-order valence-corrected chi connectivity index (χ3v) is 5.88. The molecule has 31 heavy (non-hydrogen) atoms. The molecular weight excluding hydrogens is 432 g/mol. The first-order valence-electron chi connectivity index (χ1n) is 9.76. The molecule has 1 N–H and O–H groups in total. The van der Waals surface area contributed by atoms with Crippen molar-refractivity contribution >= 4 is 57.7 Å². The van der Waals surface area contributed by atoms with Crippen molar-refractivity contribution < 1.29 is 19.1 Å². The van der Waals surface area contributed by atoms with Gasteiger partial charge in [-0.05, 0) is 61.9 Å². The van der Waals surface area contributed by atoms with Crippen LogP contribution in [0, 0.1) is 0 Å². The molecule has 2 aromatic carbocycles. The van der Waals surface area contributed by atoms with E-state index in [1.165, 1.54) is 23.6 Å². The number of hydrogen-bond donors (Lipinski definition) is 1. The topological polar surface area (TPSA) is 75.7 Å². The van der Waals surface area contributed by atoms with Crippen molar-refractivity contribution in [2.45, 2.75) is 20.3 Å². The van der Waals surface area contributed by atoms with Crippen molar-refractivity contribution in [3.8, 4) is 5.75 Å². The van der Waals surface area contributed by atoms with Crippen molar-refractivity contribution in [3.05, 3.63) is 64.6 Å². The van der Waals surface area contributed by atoms with E-state index >= 15 is 0 Å². The Bertz CT molecular complexity index is 1030. The Labute approximate surface area is 190 Å². The summed E-state index contributed by atoms with van der Waals surface area (Å²) in [6.45, 7) is 4.20. The number of nitrogens with one attached hydrogen (secondary N) is 1. The van der Waals surface area contributed by atoms with E-state index in [2.05, 4.69) is 5.32 Å². The van der Waals surface area contributed by atoms with Crippen LogP contribution in [0.15, 0.2) is 53.4 Å². The first kappa shape index (κ1) is 22.7. The summed E-state index contributed by atoms with van der Waals surface area (Å²) in [6, 6.07) is 14.1. The molecule has 0 aromatic heterocycles. The van der Waals surface area contributed by atoms with Crippen molar-refractivity contribution in [1.29, 1.82) is 0 Å². The Balaban J connectivity index is 1.57. The van der Waals surface area contributed by atoms with Crippen molar-refractivity contribution in [3.63, 3.8) is 0 Å². The molecule has 2 aromatic rings. The van der Waals surface area contributed by atoms with Crippen LogP contribution in [0.25, 0.3) is 6.08 Å². The van der Waals surface area contributed by atoms with Gasteiger partial charge in [0.25, 0.3) is 5.91 Å². The maximum Gasteiger partial charge on any atom is 0.266 e. The minimum atomic E-state index is -0.236. The van der Waals surface area contributed by atoms with E-state index in [1.807, 2.05) is 31.2 Å². The third kappa shape index (κ3) is 6.02. The molecule has 0 unspecified atom stereocenters. The molecule has 0 aliphatic carbocycles. The molecular formula is C23H22N2O4S2. The lowest BCUT2D eigenvalue weighted by Gasteiger charge is -2.14. The lowest BCUT2D eigenvalue weighted by Crippen LogP contribution is -2.31. The highest BCUT2D eigenvalue weighted by atomic mass is 32.2. The lowest BCUT2D eigenvalue weighted by molar-refractivity contribution is -0.122. The molecule has 1 saturated heterocycles. The lowest BCUT2D eigenvalue weighted by atomic mass is 10.1. The van der Waals surface area contributed by atoms with Crippen LogP contribution in [0.4, 0.5) is 5.69 Å². The van der Waals surface area contributed by atoms with Gasteiger partial charge < -0.3 is 10.1 Å². The number of ether oxygens (including phenoxy) is 1. The van der Waals surface area contributed by atoms with Gasteiger partial charge in [0.1, 0.15) is 10.1 Å². The quantitative estimate of drug-likeness (QED) is 0.359. The Morgan fingerprint density at radius 3 is 2.42 bits per heavy atom. The second-order valence-electron chi connectivity index (χ2n) is 6.77. The van der Waals surface area contributed by atoms with Gasteiger partial charge in [0, 0.05) is 24.2 Å². The Morgan fingerprint density at radius 2 is 1.81 bits per heavy atom. The fraction of sp³-hybridized carbons (Fsp3) is 0.217. The molecule has 0 bridgehead atoms. The fourth-order valence-electron chi connectivity index (χ4n) is 2.90. The second-order valence-corrected chi connectivity index (χ2v) is 8.44. The van der Waals surface area contributed by atoms with Crippen LogP contribution >= 0.6 is 24.0 Å². The molecule has 6 nitrogen and oxygen atoms in total. The van der Waals surface area contributed by atoms with Crippen molar-refractivity contribution in [2.24, 2.45) is 0 Å². The van der Waals surface area contributed by atoms with Crippen LogP contribution in [0.1, 0.15) is 36.2 Å². The SMILES string of the molecule is CCOc1ccc(C=C2SC(=S)N(CCC(=O)Nc3ccc(C(C)=O)cc3)C2=O)cc1. The summed E-state index contributed by atoms with van der Waals surface area (Å²) in [6.07, 6.45) is 1.89. The monoisotopic (exact) mass is 454 g/mol. The largest absolute Gasteiger partial charge is 0.494 e. The number of rotatable bonds is 8. The van der Waals surface area contributed by atoms with Gasteiger partial charge in [0.05, 0.1) is 11.5 Å². The Hall–Kier alpha value is -2.97. The van der Waals surface area contributed by atoms with Gasteiger partial charge in [-0.3, -0.25) is 19.3 Å². The normalized spacial score (nSPS) is 14.8. The number of ketones is 1. The maximum absolute atomic E-state index is 12.7. The van der Waals surface area contributed by atoms with Gasteiger partial charge in [0.2, 0.25) is 5.91 Å². The van der Waals surface area contributed by atoms with Crippen LogP contribution in [0.5, 0.6) is 5.75 Å². The van der Waals surface area contributed by atoms with E-state index in [-0.39, 0.29) is 30.6 Å². The average Bonchev–Trinajstić information content (AvgIpc) is 3.01. The molecule has 1 heterocycles. The minimum absolute atomic E-state index is 0.0365. The Kier molecular flexibility index (Phi) is 7.59. The van der Waals surface area contributed by atoms with E-state index < -0.39 is 0 Å². The molecule has 0 saturated carbocycles. The molecule has 0 radical (unpaired) electrons. The van der Waals surface area contributed by atoms with Gasteiger partial charge in [0.15, 0.2) is 5.78 Å². The van der Waals surface area contributed by atoms with Crippen LogP contribution in [-0.4, -0.2) is 40.0 Å². The van der Waals surface area contributed by atoms with E-state index in [4.69, 9.17) is 17.0 Å². The van der Waals surface area contributed by atoms with Crippen LogP contribution in [0.3, 0.4) is 0 Å². The van der Waals surface area contributed by atoms with Gasteiger partial charge in [-0.2, -0.15) is 0 Å². The highest BCUT2D eigenvalue weighted by Gasteiger charge is 2.32. The summed E-state index contributed by atoms with van der Waals surface area (Å²) in [5, 5.41) is 2.76. The van der Waals surface area contributed by atoms with E-state index in [1.54, 1.807) is 30.3 Å². The number of benzene rings is 2. The number of thiocarbonyl (C=S) groups is 1. The highest BCUT2D eigenvalue weighted by molar-refractivity contribution is 8.26. The number of thioether (sulfide) groups is 1. The van der Waals surface area contributed by atoms with Crippen LogP contribution in [0.2, 0.25) is 0 Å². The minimum Gasteiger partial charge on any atom is -0.494 e. The predicted octanol–water partition coefficient (Wildman–Crippen LogP) is 4.52. The van der Waals surface area contributed by atoms with E-state index in [9.17, 15) is 14.4 Å². The summed E-state index contributed by atoms with van der Waals surface area (Å²) < 4.78 is 5.86. The first-order chi connectivity index (χ1) is 14.9. The average molecular weight is 455 g/mol. The Morgan fingerprint density at radius 1 is 1.13 bits per heavy atom. The molecule has 0 atom stereocenters. The van der Waals surface area contributed by atoms with E-state index in [0.29, 0.717) is 27.1 Å². The zero-order valence-corrected chi connectivity index (χ0v) is 18.8. The molecule has 2 amide bonds. The fourth-order valence-corrected chi connectivity index (χ4v) is 4.20. The summed E-state index contributed by atoms with van der Waals surface area (Å²) in [7, 11) is 0. The first-order valence-corrected chi connectivity index (χ1v) is 11.0. The number of amides is 2. The number of hydrogen-bond acceptors (Lipinski definition) is 6. The zero-order valence-electron chi connectivity index (χ0n) is 17.2. The second kappa shape index (κ2) is 10.4. The van der Waals surface area contributed by atoms with Gasteiger partial charge in [-0.25, -0.2) is 0 Å². The molecule has 3 rings (SSSR count). The summed E-state index contributed by atoms with van der Waals surface area (Å²) in [5.74, 6) is 0.294. The van der Waals surface area contributed by atoms with Crippen LogP contribution in [-0.2, 0) is 9.59 Å². The number of nitrogens with zero attached hydrogens (tertiary/aromatic N) is 1.